The Morgan fingerprint density at radius 1 is 0.786 bits per heavy atom. The van der Waals surface area contributed by atoms with E-state index >= 15 is 0 Å². The third kappa shape index (κ3) is 1.08. The minimum atomic E-state index is -0.723. The van der Waals surface area contributed by atoms with Crippen LogP contribution in [0.15, 0.2) is 0 Å². The molecule has 2 fully saturated rings. The maximum atomic E-state index is 9.86. The number of fused-ring (bicyclic) bond motifs is 1. The Labute approximate surface area is 84.2 Å². The fourth-order valence-electron chi connectivity index (χ4n) is 3.15. The van der Waals surface area contributed by atoms with Crippen LogP contribution in [0.4, 0.5) is 0 Å². The molecule has 2 rings (SSSR count). The van der Waals surface area contributed by atoms with Crippen LogP contribution < -0.4 is 0 Å². The molecule has 0 saturated carbocycles. The summed E-state index contributed by atoms with van der Waals surface area (Å²) in [5.41, 5.74) is 0. The van der Waals surface area contributed by atoms with Gasteiger partial charge in [0, 0.05) is 24.0 Å². The van der Waals surface area contributed by atoms with Crippen LogP contribution in [0.2, 0.25) is 0 Å². The Morgan fingerprint density at radius 2 is 1.29 bits per heavy atom. The zero-order chi connectivity index (χ0) is 10.6. The second-order valence-corrected chi connectivity index (χ2v) is 4.75. The standard InChI is InChI=1S/C10H19NO3/c1-4-7-10(14)9(13)6(3)11(7)5(2)8(4)12/h4-10,12-14H,1-3H3. The third-order valence-corrected chi connectivity index (χ3v) is 4.05. The highest BCUT2D eigenvalue weighted by molar-refractivity contribution is 5.10. The number of aliphatic hydroxyl groups excluding tert-OH is 3. The summed E-state index contributed by atoms with van der Waals surface area (Å²) in [5, 5.41) is 29.4. The van der Waals surface area contributed by atoms with Gasteiger partial charge in [0.05, 0.1) is 18.3 Å². The number of rotatable bonds is 0. The first kappa shape index (κ1) is 10.4. The van der Waals surface area contributed by atoms with E-state index < -0.39 is 18.3 Å². The predicted octanol–water partition coefficient (Wildman–Crippen LogP) is -0.820. The summed E-state index contributed by atoms with van der Waals surface area (Å²) in [5.74, 6) is 0.0274. The first-order valence-electron chi connectivity index (χ1n) is 5.28. The first-order valence-corrected chi connectivity index (χ1v) is 5.28. The molecule has 14 heavy (non-hydrogen) atoms. The third-order valence-electron chi connectivity index (χ3n) is 4.05. The van der Waals surface area contributed by atoms with Crippen molar-refractivity contribution >= 4 is 0 Å². The van der Waals surface area contributed by atoms with E-state index in [1.165, 1.54) is 0 Å². The quantitative estimate of drug-likeness (QED) is 0.479. The van der Waals surface area contributed by atoms with Crippen LogP contribution in [0.25, 0.3) is 0 Å². The average Bonchev–Trinajstić information content (AvgIpc) is 2.51. The molecule has 7 unspecified atom stereocenters. The summed E-state index contributed by atoms with van der Waals surface area (Å²) in [6.07, 6.45) is -1.80. The van der Waals surface area contributed by atoms with Gasteiger partial charge in [-0.1, -0.05) is 6.92 Å². The van der Waals surface area contributed by atoms with Crippen molar-refractivity contribution in [3.8, 4) is 0 Å². The Morgan fingerprint density at radius 3 is 1.79 bits per heavy atom. The van der Waals surface area contributed by atoms with Crippen LogP contribution in [-0.4, -0.2) is 56.7 Å². The molecule has 2 heterocycles. The van der Waals surface area contributed by atoms with Crippen molar-refractivity contribution in [2.75, 3.05) is 0 Å². The minimum Gasteiger partial charge on any atom is -0.391 e. The van der Waals surface area contributed by atoms with Gasteiger partial charge in [-0.2, -0.15) is 0 Å². The molecule has 2 saturated heterocycles. The largest absolute Gasteiger partial charge is 0.391 e. The van der Waals surface area contributed by atoms with E-state index in [4.69, 9.17) is 0 Å². The fraction of sp³-hybridized carbons (Fsp3) is 1.00. The zero-order valence-corrected chi connectivity index (χ0v) is 8.83. The summed E-state index contributed by atoms with van der Waals surface area (Å²) in [7, 11) is 0. The van der Waals surface area contributed by atoms with Crippen molar-refractivity contribution in [3.63, 3.8) is 0 Å². The maximum absolute atomic E-state index is 9.86. The molecule has 82 valence electrons. The molecule has 0 amide bonds. The van der Waals surface area contributed by atoms with Gasteiger partial charge in [-0.3, -0.25) is 4.90 Å². The van der Waals surface area contributed by atoms with Crippen molar-refractivity contribution in [2.24, 2.45) is 5.92 Å². The Kier molecular flexibility index (Phi) is 2.34. The van der Waals surface area contributed by atoms with Crippen LogP contribution in [0.3, 0.4) is 0 Å². The average molecular weight is 201 g/mol. The van der Waals surface area contributed by atoms with Gasteiger partial charge in [-0.25, -0.2) is 0 Å². The van der Waals surface area contributed by atoms with Gasteiger partial charge in [0.25, 0.3) is 0 Å². The van der Waals surface area contributed by atoms with Crippen LogP contribution in [0, 0.1) is 5.92 Å². The van der Waals surface area contributed by atoms with E-state index in [0.29, 0.717) is 0 Å². The predicted molar refractivity (Wildman–Crippen MR) is 51.7 cm³/mol. The SMILES string of the molecule is CC1C(O)C(C)N2C(C)C(O)C(O)C12. The highest BCUT2D eigenvalue weighted by Crippen LogP contribution is 2.40. The van der Waals surface area contributed by atoms with Crippen LogP contribution in [-0.2, 0) is 0 Å². The van der Waals surface area contributed by atoms with Crippen molar-refractivity contribution < 1.29 is 15.3 Å². The van der Waals surface area contributed by atoms with Crippen molar-refractivity contribution in [1.29, 1.82) is 0 Å². The lowest BCUT2D eigenvalue weighted by molar-refractivity contribution is 0.00772. The second-order valence-electron chi connectivity index (χ2n) is 4.75. The van der Waals surface area contributed by atoms with Gasteiger partial charge in [-0.05, 0) is 13.8 Å². The van der Waals surface area contributed by atoms with Crippen LogP contribution in [0.5, 0.6) is 0 Å². The molecular formula is C10H19NO3. The molecule has 7 atom stereocenters. The topological polar surface area (TPSA) is 63.9 Å². The molecule has 0 aromatic heterocycles. The number of nitrogens with zero attached hydrogens (tertiary/aromatic N) is 1. The van der Waals surface area contributed by atoms with Gasteiger partial charge >= 0.3 is 0 Å². The fourth-order valence-corrected chi connectivity index (χ4v) is 3.15. The van der Waals surface area contributed by atoms with Crippen molar-refractivity contribution in [2.45, 2.75) is 57.2 Å². The molecule has 2 aliphatic rings. The molecule has 0 aliphatic carbocycles. The van der Waals surface area contributed by atoms with Crippen molar-refractivity contribution in [1.82, 2.24) is 4.90 Å². The second kappa shape index (κ2) is 3.17. The molecule has 3 N–H and O–H groups in total. The van der Waals surface area contributed by atoms with Crippen LogP contribution >= 0.6 is 0 Å². The summed E-state index contributed by atoms with van der Waals surface area (Å²) in [6, 6.07) is -0.133. The Bertz CT molecular complexity index is 191. The van der Waals surface area contributed by atoms with E-state index in [2.05, 4.69) is 0 Å². The molecule has 0 bridgehead atoms. The lowest BCUT2D eigenvalue weighted by Crippen LogP contribution is -2.40. The highest BCUT2D eigenvalue weighted by atomic mass is 16.3. The number of aliphatic hydroxyl groups is 3. The molecule has 0 spiro atoms. The molecule has 0 aromatic carbocycles. The first-order chi connectivity index (χ1) is 6.46. The van der Waals surface area contributed by atoms with Gasteiger partial charge in [0.2, 0.25) is 0 Å². The monoisotopic (exact) mass is 201 g/mol. The lowest BCUT2D eigenvalue weighted by atomic mass is 9.93. The minimum absolute atomic E-state index is 0.0248. The molecule has 2 aliphatic heterocycles. The summed E-state index contributed by atoms with van der Waals surface area (Å²) in [6.45, 7) is 5.78. The summed E-state index contributed by atoms with van der Waals surface area (Å²) < 4.78 is 0. The molecule has 0 aromatic rings. The van der Waals surface area contributed by atoms with E-state index in [-0.39, 0.29) is 24.0 Å². The molecule has 4 heteroatoms. The highest BCUT2D eigenvalue weighted by Gasteiger charge is 2.56. The smallest absolute Gasteiger partial charge is 0.0972 e. The zero-order valence-electron chi connectivity index (χ0n) is 8.83. The Balaban J connectivity index is 2.29. The van der Waals surface area contributed by atoms with Crippen molar-refractivity contribution in [3.05, 3.63) is 0 Å². The maximum Gasteiger partial charge on any atom is 0.0972 e. The normalized spacial score (nSPS) is 59.1. The molecular weight excluding hydrogens is 182 g/mol. The van der Waals surface area contributed by atoms with E-state index in [1.807, 2.05) is 25.7 Å². The van der Waals surface area contributed by atoms with E-state index in [1.54, 1.807) is 0 Å². The van der Waals surface area contributed by atoms with E-state index in [0.717, 1.165) is 0 Å². The van der Waals surface area contributed by atoms with E-state index in [9.17, 15) is 15.3 Å². The van der Waals surface area contributed by atoms with Gasteiger partial charge in [0.15, 0.2) is 0 Å². The van der Waals surface area contributed by atoms with Gasteiger partial charge in [-0.15, -0.1) is 0 Å². The summed E-state index contributed by atoms with van der Waals surface area (Å²) in [4.78, 5) is 2.05. The number of hydrogen-bond donors (Lipinski definition) is 3. The van der Waals surface area contributed by atoms with Crippen LogP contribution in [0.1, 0.15) is 20.8 Å². The number of hydrogen-bond acceptors (Lipinski definition) is 4. The van der Waals surface area contributed by atoms with Gasteiger partial charge < -0.3 is 15.3 Å². The molecule has 0 radical (unpaired) electrons. The molecule has 4 nitrogen and oxygen atoms in total. The summed E-state index contributed by atoms with van der Waals surface area (Å²) >= 11 is 0. The van der Waals surface area contributed by atoms with Gasteiger partial charge in [0.1, 0.15) is 0 Å². The Hall–Kier alpha value is -0.160. The lowest BCUT2D eigenvalue weighted by Gasteiger charge is -2.26.